The molecule has 1 atom stereocenters. The number of fused-ring (bicyclic) bond motifs is 2. The van der Waals surface area contributed by atoms with E-state index in [2.05, 4.69) is 4.99 Å². The Bertz CT molecular complexity index is 1650. The summed E-state index contributed by atoms with van der Waals surface area (Å²) >= 11 is 2.80. The Morgan fingerprint density at radius 2 is 1.84 bits per heavy atom. The lowest BCUT2D eigenvalue weighted by Crippen LogP contribution is -2.41. The van der Waals surface area contributed by atoms with Gasteiger partial charge in [-0.2, -0.15) is 0 Å². The smallest absolute Gasteiger partial charge is 0.338 e. The summed E-state index contributed by atoms with van der Waals surface area (Å²) in [7, 11) is 0. The number of aromatic nitrogens is 1. The highest BCUT2D eigenvalue weighted by molar-refractivity contribution is 7.98. The summed E-state index contributed by atoms with van der Waals surface area (Å²) < 4.78 is 7.50. The van der Waals surface area contributed by atoms with E-state index in [9.17, 15) is 14.4 Å². The maximum absolute atomic E-state index is 14.1. The SMILES string of the molecule is CCN1C(=O)C(=c2sc3n(c2=O)C(c2ccc(SC)cc2)C(C(=O)OCC(C)C)=C(C)N=3)c2ccccc21. The van der Waals surface area contributed by atoms with Gasteiger partial charge < -0.3 is 9.64 Å². The molecule has 2 aromatic carbocycles. The number of esters is 1. The third-order valence-electron chi connectivity index (χ3n) is 6.66. The number of hydrogen-bond donors (Lipinski definition) is 0. The molecule has 2 aliphatic heterocycles. The van der Waals surface area contributed by atoms with Gasteiger partial charge in [0.1, 0.15) is 4.53 Å². The number of benzene rings is 2. The van der Waals surface area contributed by atoms with Crippen molar-refractivity contribution in [1.82, 2.24) is 4.57 Å². The van der Waals surface area contributed by atoms with E-state index in [1.54, 1.807) is 28.2 Å². The number of hydrogen-bond acceptors (Lipinski definition) is 7. The number of thioether (sulfide) groups is 1. The molecule has 0 bridgehead atoms. The molecule has 1 amide bonds. The normalized spacial score (nSPS) is 18.0. The molecule has 0 N–H and O–H groups in total. The zero-order valence-corrected chi connectivity index (χ0v) is 23.6. The zero-order chi connectivity index (χ0) is 27.1. The number of likely N-dealkylation sites (N-methyl/N-ethyl adjacent to an activating group) is 1. The average Bonchev–Trinajstić information content (AvgIpc) is 3.38. The van der Waals surface area contributed by atoms with Crippen molar-refractivity contribution in [3.05, 3.63) is 90.6 Å². The summed E-state index contributed by atoms with van der Waals surface area (Å²) in [6.45, 7) is 8.38. The molecule has 9 heteroatoms. The van der Waals surface area contributed by atoms with Crippen LogP contribution in [0.1, 0.15) is 44.9 Å². The Kier molecular flexibility index (Phi) is 7.15. The molecular weight excluding hydrogens is 518 g/mol. The number of allylic oxidation sites excluding steroid dienone is 1. The summed E-state index contributed by atoms with van der Waals surface area (Å²) in [4.78, 5) is 48.9. The molecule has 3 heterocycles. The van der Waals surface area contributed by atoms with Gasteiger partial charge in [0.05, 0.1) is 35.2 Å². The van der Waals surface area contributed by atoms with Crippen molar-refractivity contribution in [3.63, 3.8) is 0 Å². The largest absolute Gasteiger partial charge is 0.462 e. The maximum atomic E-state index is 14.1. The number of nitrogens with zero attached hydrogens (tertiary/aromatic N) is 3. The Hall–Kier alpha value is -3.43. The van der Waals surface area contributed by atoms with Crippen LogP contribution in [0.25, 0.3) is 5.57 Å². The Balaban J connectivity index is 1.76. The highest BCUT2D eigenvalue weighted by atomic mass is 32.2. The molecule has 0 radical (unpaired) electrons. The van der Waals surface area contributed by atoms with Crippen LogP contribution in [-0.4, -0.2) is 35.9 Å². The van der Waals surface area contributed by atoms with Crippen molar-refractivity contribution in [2.24, 2.45) is 10.9 Å². The number of ether oxygens (including phenoxy) is 1. The molecule has 0 saturated heterocycles. The van der Waals surface area contributed by atoms with Crippen LogP contribution in [0.2, 0.25) is 0 Å². The Morgan fingerprint density at radius 3 is 2.50 bits per heavy atom. The maximum Gasteiger partial charge on any atom is 0.338 e. The van der Waals surface area contributed by atoms with Crippen molar-refractivity contribution in [2.45, 2.75) is 38.6 Å². The van der Waals surface area contributed by atoms with E-state index >= 15 is 0 Å². The minimum absolute atomic E-state index is 0.164. The third kappa shape index (κ3) is 4.33. The topological polar surface area (TPSA) is 81.0 Å². The van der Waals surface area contributed by atoms with E-state index in [4.69, 9.17) is 4.74 Å². The minimum Gasteiger partial charge on any atom is -0.462 e. The van der Waals surface area contributed by atoms with E-state index in [-0.39, 0.29) is 24.0 Å². The lowest BCUT2D eigenvalue weighted by molar-refractivity contribution is -0.140. The van der Waals surface area contributed by atoms with E-state index in [0.29, 0.717) is 32.7 Å². The van der Waals surface area contributed by atoms with Gasteiger partial charge in [0.25, 0.3) is 11.5 Å². The fraction of sp³-hybridized carbons (Fsp3) is 0.310. The van der Waals surface area contributed by atoms with Crippen LogP contribution in [0.5, 0.6) is 0 Å². The van der Waals surface area contributed by atoms with Gasteiger partial charge in [-0.3, -0.25) is 14.2 Å². The van der Waals surface area contributed by atoms with Crippen LogP contribution in [-0.2, 0) is 14.3 Å². The van der Waals surface area contributed by atoms with Crippen molar-refractivity contribution < 1.29 is 14.3 Å². The van der Waals surface area contributed by atoms with Crippen LogP contribution in [0.4, 0.5) is 5.69 Å². The zero-order valence-electron chi connectivity index (χ0n) is 22.0. The Labute approximate surface area is 229 Å². The summed E-state index contributed by atoms with van der Waals surface area (Å²) in [5.41, 5.74) is 3.18. The second-order valence-corrected chi connectivity index (χ2v) is 11.5. The fourth-order valence-corrected chi connectivity index (χ4v) is 6.41. The van der Waals surface area contributed by atoms with Crippen LogP contribution < -0.4 is 19.8 Å². The van der Waals surface area contributed by atoms with Gasteiger partial charge in [0.15, 0.2) is 4.80 Å². The molecule has 2 aliphatic rings. The quantitative estimate of drug-likeness (QED) is 0.346. The number of carbonyl (C=O) groups is 2. The Morgan fingerprint density at radius 1 is 1.13 bits per heavy atom. The average molecular weight is 548 g/mol. The van der Waals surface area contributed by atoms with E-state index in [1.165, 1.54) is 11.3 Å². The van der Waals surface area contributed by atoms with Gasteiger partial charge in [0.2, 0.25) is 0 Å². The first-order valence-electron chi connectivity index (χ1n) is 12.5. The van der Waals surface area contributed by atoms with Crippen molar-refractivity contribution in [1.29, 1.82) is 0 Å². The van der Waals surface area contributed by atoms with Crippen molar-refractivity contribution in [2.75, 3.05) is 24.3 Å². The molecule has 1 unspecified atom stereocenters. The lowest BCUT2D eigenvalue weighted by atomic mass is 9.96. The number of para-hydroxylation sites is 1. The predicted octanol–water partition coefficient (Wildman–Crippen LogP) is 3.89. The minimum atomic E-state index is -0.717. The monoisotopic (exact) mass is 547 g/mol. The number of amides is 1. The number of rotatable bonds is 6. The van der Waals surface area contributed by atoms with Crippen LogP contribution >= 0.6 is 23.1 Å². The molecule has 0 saturated carbocycles. The van der Waals surface area contributed by atoms with Gasteiger partial charge in [0, 0.05) is 17.0 Å². The van der Waals surface area contributed by atoms with E-state index in [1.807, 2.05) is 75.6 Å². The van der Waals surface area contributed by atoms with Crippen LogP contribution in [0, 0.1) is 5.92 Å². The first-order valence-corrected chi connectivity index (χ1v) is 14.6. The molecular formula is C29H29N3O4S2. The van der Waals surface area contributed by atoms with Gasteiger partial charge in [-0.1, -0.05) is 55.5 Å². The molecule has 0 fully saturated rings. The summed E-state index contributed by atoms with van der Waals surface area (Å²) in [6.07, 6.45) is 1.99. The van der Waals surface area contributed by atoms with Gasteiger partial charge >= 0.3 is 5.97 Å². The molecule has 196 valence electrons. The summed E-state index contributed by atoms with van der Waals surface area (Å²) in [5.74, 6) is -0.527. The highest BCUT2D eigenvalue weighted by Gasteiger charge is 2.37. The van der Waals surface area contributed by atoms with Crippen molar-refractivity contribution in [3.8, 4) is 0 Å². The van der Waals surface area contributed by atoms with E-state index in [0.717, 1.165) is 21.7 Å². The summed E-state index contributed by atoms with van der Waals surface area (Å²) in [6, 6.07) is 14.6. The molecule has 0 spiro atoms. The second-order valence-electron chi connectivity index (χ2n) is 9.61. The number of thiazole rings is 1. The van der Waals surface area contributed by atoms with Gasteiger partial charge in [-0.15, -0.1) is 11.8 Å². The molecule has 38 heavy (non-hydrogen) atoms. The number of anilines is 1. The number of carbonyl (C=O) groups excluding carboxylic acids is 2. The molecule has 0 aliphatic carbocycles. The highest BCUT2D eigenvalue weighted by Crippen LogP contribution is 2.35. The summed E-state index contributed by atoms with van der Waals surface area (Å²) in [5, 5.41) is 0. The van der Waals surface area contributed by atoms with Gasteiger partial charge in [-0.05, 0) is 49.8 Å². The molecule has 3 aromatic rings. The van der Waals surface area contributed by atoms with Crippen molar-refractivity contribution >= 4 is 46.2 Å². The first kappa shape index (κ1) is 26.2. The third-order valence-corrected chi connectivity index (χ3v) is 8.46. The second kappa shape index (κ2) is 10.4. The standard InChI is InChI=1S/C29H29N3O4S2/c1-6-31-21-10-8-7-9-20(21)23(26(31)33)25-27(34)32-24(18-11-13-19(37-5)14-12-18)22(17(4)30-29(32)38-25)28(35)36-15-16(2)3/h7-14,16,24H,6,15H2,1-5H3. The lowest BCUT2D eigenvalue weighted by Gasteiger charge is -2.25. The first-order chi connectivity index (χ1) is 18.3. The van der Waals surface area contributed by atoms with Crippen LogP contribution in [0.15, 0.2) is 74.5 Å². The van der Waals surface area contributed by atoms with E-state index < -0.39 is 12.0 Å². The predicted molar refractivity (Wildman–Crippen MR) is 151 cm³/mol. The molecule has 1 aromatic heterocycles. The molecule has 7 nitrogen and oxygen atoms in total. The fourth-order valence-electron chi connectivity index (χ4n) is 4.87. The molecule has 5 rings (SSSR count). The van der Waals surface area contributed by atoms with Crippen LogP contribution in [0.3, 0.4) is 0 Å². The van der Waals surface area contributed by atoms with Gasteiger partial charge in [-0.25, -0.2) is 9.79 Å².